The van der Waals surface area contributed by atoms with Crippen LogP contribution in [0.15, 0.2) is 60.7 Å². The minimum Gasteiger partial charge on any atom is -0.459 e. The lowest BCUT2D eigenvalue weighted by Gasteiger charge is -2.14. The molecule has 0 amide bonds. The molecule has 0 saturated carbocycles. The van der Waals surface area contributed by atoms with Crippen LogP contribution < -0.4 is 0 Å². The summed E-state index contributed by atoms with van der Waals surface area (Å²) in [6, 6.07) is 17.6. The summed E-state index contributed by atoms with van der Waals surface area (Å²) in [5, 5.41) is 0. The third kappa shape index (κ3) is 4.45. The van der Waals surface area contributed by atoms with Crippen LogP contribution in [-0.2, 0) is 14.2 Å². The van der Waals surface area contributed by atoms with Gasteiger partial charge >= 0.3 is 11.9 Å². The van der Waals surface area contributed by atoms with Gasteiger partial charge in [0.1, 0.15) is 12.7 Å². The van der Waals surface area contributed by atoms with Gasteiger partial charge in [0.05, 0.1) is 23.3 Å². The zero-order chi connectivity index (χ0) is 17.6. The largest absolute Gasteiger partial charge is 0.459 e. The summed E-state index contributed by atoms with van der Waals surface area (Å²) in [7, 11) is 0. The topological polar surface area (TPSA) is 61.8 Å². The number of hydrogen-bond donors (Lipinski definition) is 0. The van der Waals surface area contributed by atoms with Crippen molar-refractivity contribution in [2.24, 2.45) is 0 Å². The van der Waals surface area contributed by atoms with Crippen molar-refractivity contribution in [3.63, 3.8) is 0 Å². The fraction of sp³-hybridized carbons (Fsp3) is 0.300. The molecule has 0 N–H and O–H groups in total. The van der Waals surface area contributed by atoms with Gasteiger partial charge in [-0.15, -0.1) is 0 Å². The molecule has 0 spiro atoms. The number of carbonyl (C=O) groups is 2. The third-order valence-corrected chi connectivity index (χ3v) is 4.10. The van der Waals surface area contributed by atoms with Crippen LogP contribution in [0.1, 0.15) is 34.1 Å². The van der Waals surface area contributed by atoms with E-state index in [-0.39, 0.29) is 36.9 Å². The second-order valence-corrected chi connectivity index (χ2v) is 5.97. The van der Waals surface area contributed by atoms with Gasteiger partial charge in [-0.3, -0.25) is 0 Å². The lowest BCUT2D eigenvalue weighted by Crippen LogP contribution is -2.24. The Morgan fingerprint density at radius 1 is 0.960 bits per heavy atom. The molecule has 130 valence electrons. The zero-order valence-corrected chi connectivity index (χ0v) is 14.0. The first-order valence-corrected chi connectivity index (χ1v) is 8.27. The SMILES string of the molecule is C[C@@H]1O[C@H](COC(=O)c2ccccc2)C[C@@H]1OC(=O)c1ccccc1. The summed E-state index contributed by atoms with van der Waals surface area (Å²) in [4.78, 5) is 24.1. The summed E-state index contributed by atoms with van der Waals surface area (Å²) in [6.07, 6.45) is -0.376. The van der Waals surface area contributed by atoms with Gasteiger partial charge in [0, 0.05) is 6.42 Å². The molecular weight excluding hydrogens is 320 g/mol. The van der Waals surface area contributed by atoms with Crippen LogP contribution >= 0.6 is 0 Å². The Morgan fingerprint density at radius 2 is 1.52 bits per heavy atom. The lowest BCUT2D eigenvalue weighted by atomic mass is 10.1. The number of ether oxygens (including phenoxy) is 3. The Balaban J connectivity index is 1.50. The van der Waals surface area contributed by atoms with Gasteiger partial charge in [-0.25, -0.2) is 9.59 Å². The molecule has 3 atom stereocenters. The summed E-state index contributed by atoms with van der Waals surface area (Å²) in [5.41, 5.74) is 1.01. The van der Waals surface area contributed by atoms with E-state index in [2.05, 4.69) is 0 Å². The Morgan fingerprint density at radius 3 is 2.12 bits per heavy atom. The van der Waals surface area contributed by atoms with Gasteiger partial charge < -0.3 is 14.2 Å². The predicted octanol–water partition coefficient (Wildman–Crippen LogP) is 3.25. The molecule has 5 nitrogen and oxygen atoms in total. The second kappa shape index (κ2) is 7.94. The van der Waals surface area contributed by atoms with Crippen LogP contribution in [0.25, 0.3) is 0 Å². The van der Waals surface area contributed by atoms with E-state index in [1.165, 1.54) is 0 Å². The van der Waals surface area contributed by atoms with Crippen molar-refractivity contribution in [1.29, 1.82) is 0 Å². The van der Waals surface area contributed by atoms with E-state index < -0.39 is 0 Å². The van der Waals surface area contributed by atoms with Crippen LogP contribution in [0.2, 0.25) is 0 Å². The molecule has 0 aliphatic carbocycles. The van der Waals surface area contributed by atoms with Gasteiger partial charge in [-0.2, -0.15) is 0 Å². The molecule has 1 fully saturated rings. The van der Waals surface area contributed by atoms with Crippen LogP contribution in [0.4, 0.5) is 0 Å². The van der Waals surface area contributed by atoms with Gasteiger partial charge in [0.15, 0.2) is 0 Å². The first-order valence-electron chi connectivity index (χ1n) is 8.27. The second-order valence-electron chi connectivity index (χ2n) is 5.97. The molecule has 3 rings (SSSR count). The lowest BCUT2D eigenvalue weighted by molar-refractivity contribution is -0.0203. The number of esters is 2. The molecule has 0 radical (unpaired) electrons. The third-order valence-electron chi connectivity index (χ3n) is 4.10. The van der Waals surface area contributed by atoms with Crippen LogP contribution in [-0.4, -0.2) is 36.9 Å². The molecule has 2 aromatic carbocycles. The fourth-order valence-electron chi connectivity index (χ4n) is 2.75. The first-order chi connectivity index (χ1) is 12.1. The van der Waals surface area contributed by atoms with Crippen molar-refractivity contribution in [1.82, 2.24) is 0 Å². The molecule has 0 unspecified atom stereocenters. The van der Waals surface area contributed by atoms with E-state index >= 15 is 0 Å². The molecule has 0 bridgehead atoms. The number of rotatable bonds is 5. The number of benzene rings is 2. The molecule has 2 aromatic rings. The molecule has 1 heterocycles. The molecule has 1 aliphatic rings. The van der Waals surface area contributed by atoms with E-state index in [4.69, 9.17) is 14.2 Å². The Bertz CT molecular complexity index is 713. The molecular formula is C20H20O5. The molecule has 5 heteroatoms. The quantitative estimate of drug-likeness (QED) is 0.782. The van der Waals surface area contributed by atoms with Crippen molar-refractivity contribution < 1.29 is 23.8 Å². The van der Waals surface area contributed by atoms with Crippen LogP contribution in [0.5, 0.6) is 0 Å². The molecule has 1 aliphatic heterocycles. The zero-order valence-electron chi connectivity index (χ0n) is 14.0. The standard InChI is InChI=1S/C20H20O5/c1-14-18(25-20(22)16-10-6-3-7-11-16)12-17(24-14)13-23-19(21)15-8-4-2-5-9-15/h2-11,14,17-18H,12-13H2,1H3/t14-,17-,18-/m0/s1. The summed E-state index contributed by atoms with van der Waals surface area (Å²) in [5.74, 6) is -0.760. The van der Waals surface area contributed by atoms with E-state index in [1.54, 1.807) is 48.5 Å². The molecule has 1 saturated heterocycles. The minimum absolute atomic E-state index is 0.136. The molecule has 0 aromatic heterocycles. The highest BCUT2D eigenvalue weighted by Gasteiger charge is 2.35. The fourth-order valence-corrected chi connectivity index (χ4v) is 2.75. The van der Waals surface area contributed by atoms with E-state index in [9.17, 15) is 9.59 Å². The van der Waals surface area contributed by atoms with Crippen molar-refractivity contribution in [2.45, 2.75) is 31.7 Å². The average molecular weight is 340 g/mol. The van der Waals surface area contributed by atoms with Gasteiger partial charge in [-0.1, -0.05) is 36.4 Å². The Labute approximate surface area is 146 Å². The predicted molar refractivity (Wildman–Crippen MR) is 91.3 cm³/mol. The summed E-state index contributed by atoms with van der Waals surface area (Å²) in [6.45, 7) is 1.99. The van der Waals surface area contributed by atoms with Gasteiger partial charge in [0.25, 0.3) is 0 Å². The highest BCUT2D eigenvalue weighted by atomic mass is 16.6. The number of carbonyl (C=O) groups excluding carboxylic acids is 2. The maximum absolute atomic E-state index is 12.1. The smallest absolute Gasteiger partial charge is 0.338 e. The van der Waals surface area contributed by atoms with Crippen molar-refractivity contribution in [2.75, 3.05) is 6.61 Å². The summed E-state index contributed by atoms with van der Waals surface area (Å²) >= 11 is 0. The van der Waals surface area contributed by atoms with E-state index in [0.29, 0.717) is 17.5 Å². The Hall–Kier alpha value is -2.66. The summed E-state index contributed by atoms with van der Waals surface area (Å²) < 4.78 is 16.6. The van der Waals surface area contributed by atoms with Crippen LogP contribution in [0.3, 0.4) is 0 Å². The minimum atomic E-state index is -0.387. The maximum Gasteiger partial charge on any atom is 0.338 e. The van der Waals surface area contributed by atoms with Crippen molar-refractivity contribution in [3.8, 4) is 0 Å². The monoisotopic (exact) mass is 340 g/mol. The van der Waals surface area contributed by atoms with Gasteiger partial charge in [0.2, 0.25) is 0 Å². The highest BCUT2D eigenvalue weighted by Crippen LogP contribution is 2.24. The number of hydrogen-bond acceptors (Lipinski definition) is 5. The first kappa shape index (κ1) is 17.2. The average Bonchev–Trinajstić information content (AvgIpc) is 3.00. The normalized spacial score (nSPS) is 22.4. The van der Waals surface area contributed by atoms with Crippen molar-refractivity contribution >= 4 is 11.9 Å². The van der Waals surface area contributed by atoms with Crippen LogP contribution in [0, 0.1) is 0 Å². The van der Waals surface area contributed by atoms with Crippen molar-refractivity contribution in [3.05, 3.63) is 71.8 Å². The van der Waals surface area contributed by atoms with E-state index in [0.717, 1.165) is 0 Å². The maximum atomic E-state index is 12.1. The van der Waals surface area contributed by atoms with Gasteiger partial charge in [-0.05, 0) is 31.2 Å². The highest BCUT2D eigenvalue weighted by molar-refractivity contribution is 5.89. The Kier molecular flexibility index (Phi) is 5.46. The van der Waals surface area contributed by atoms with E-state index in [1.807, 2.05) is 19.1 Å². The molecule has 25 heavy (non-hydrogen) atoms.